The molecule has 0 radical (unpaired) electrons. The maximum atomic E-state index is 5.58. The maximum Gasteiger partial charge on any atom is 0.213 e. The summed E-state index contributed by atoms with van der Waals surface area (Å²) >= 11 is 22.0. The van der Waals surface area contributed by atoms with Gasteiger partial charge in [0.05, 0.1) is 6.61 Å². The average molecular weight is 314 g/mol. The molecule has 0 N–H and O–H groups in total. The lowest BCUT2D eigenvalue weighted by Crippen LogP contribution is -2.13. The van der Waals surface area contributed by atoms with Gasteiger partial charge in [0, 0.05) is 6.16 Å². The number of unbranched alkanes of at least 4 members (excludes halogenated alkanes) is 1. The molecule has 1 unspecified atom stereocenters. The van der Waals surface area contributed by atoms with E-state index in [1.165, 1.54) is 0 Å². The van der Waals surface area contributed by atoms with Gasteiger partial charge in [-0.3, -0.25) is 0 Å². The highest BCUT2D eigenvalue weighted by atomic mass is 35.6. The van der Waals surface area contributed by atoms with Gasteiger partial charge < -0.3 is 9.05 Å². The fourth-order valence-electron chi connectivity index (χ4n) is 0.739. The Morgan fingerprint density at radius 1 is 1.20 bits per heavy atom. The predicted octanol–water partition coefficient (Wildman–Crippen LogP) is 4.52. The first-order chi connectivity index (χ1) is 6.83. The maximum absolute atomic E-state index is 5.58. The molecule has 0 spiro atoms. The molecular weight excluding hydrogens is 297 g/mol. The smallest absolute Gasteiger partial charge is 0.213 e. The van der Waals surface area contributed by atoms with Crippen molar-refractivity contribution in [1.29, 1.82) is 0 Å². The number of alkyl halides is 3. The minimum Gasteiger partial charge on any atom is -0.329 e. The van der Waals surface area contributed by atoms with Crippen LogP contribution < -0.4 is 0 Å². The third kappa shape index (κ3) is 9.17. The van der Waals surface area contributed by atoms with Crippen molar-refractivity contribution >= 4 is 53.1 Å². The van der Waals surface area contributed by atoms with E-state index in [-0.39, 0.29) is 6.61 Å². The van der Waals surface area contributed by atoms with Crippen LogP contribution in [-0.4, -0.2) is 23.2 Å². The summed E-state index contributed by atoms with van der Waals surface area (Å²) in [6, 6.07) is 0. The van der Waals surface area contributed by atoms with Gasteiger partial charge in [0.2, 0.25) is 3.79 Å². The van der Waals surface area contributed by atoms with Crippen LogP contribution in [0.4, 0.5) is 0 Å². The van der Waals surface area contributed by atoms with Gasteiger partial charge in [0.15, 0.2) is 6.49 Å². The minimum atomic E-state index is -2.25. The van der Waals surface area contributed by atoms with E-state index in [1.54, 1.807) is 0 Å². The Balaban J connectivity index is 4.02. The quantitative estimate of drug-likeness (QED) is 0.391. The molecule has 2 nitrogen and oxygen atoms in total. The Morgan fingerprint density at radius 2 is 1.80 bits per heavy atom. The zero-order valence-corrected chi connectivity index (χ0v) is 12.8. The zero-order valence-electron chi connectivity index (χ0n) is 8.84. The molecule has 0 rings (SSSR count). The topological polar surface area (TPSA) is 18.5 Å². The van der Waals surface area contributed by atoms with Crippen LogP contribution in [0.15, 0.2) is 0 Å². The first-order valence-corrected chi connectivity index (χ1v) is 8.73. The molecule has 0 aromatic carbocycles. The Kier molecular flexibility index (Phi) is 8.45. The molecular formula is C8H16Cl3O2PS. The number of rotatable bonds is 7. The van der Waals surface area contributed by atoms with Gasteiger partial charge in [-0.15, -0.1) is 0 Å². The predicted molar refractivity (Wildman–Crippen MR) is 71.9 cm³/mol. The summed E-state index contributed by atoms with van der Waals surface area (Å²) in [5.41, 5.74) is 0. The number of hydrogen-bond acceptors (Lipinski definition) is 3. The molecule has 0 aromatic rings. The third-order valence-electron chi connectivity index (χ3n) is 1.60. The highest BCUT2D eigenvalue weighted by Crippen LogP contribution is 2.49. The van der Waals surface area contributed by atoms with Crippen LogP contribution in [0.3, 0.4) is 0 Å². The number of halogens is 3. The molecule has 0 fully saturated rings. The largest absolute Gasteiger partial charge is 0.329 e. The van der Waals surface area contributed by atoms with Crippen molar-refractivity contribution in [1.82, 2.24) is 0 Å². The molecule has 0 aliphatic carbocycles. The molecule has 92 valence electrons. The van der Waals surface area contributed by atoms with Crippen molar-refractivity contribution in [3.05, 3.63) is 0 Å². The Hall–Kier alpha value is 1.44. The van der Waals surface area contributed by atoms with Gasteiger partial charge in [-0.1, -0.05) is 55.1 Å². The highest BCUT2D eigenvalue weighted by Gasteiger charge is 2.25. The highest BCUT2D eigenvalue weighted by molar-refractivity contribution is 8.09. The lowest BCUT2D eigenvalue weighted by Gasteiger charge is -2.23. The average Bonchev–Trinajstić information content (AvgIpc) is 2.14. The van der Waals surface area contributed by atoms with Crippen LogP contribution in [-0.2, 0) is 20.9 Å². The standard InChI is InChI=1S/C8H16Cl3O2PS/c1-3-5-6-12-14(15,4-2)13-7-8(9,10)11/h3-7H2,1-2H3. The van der Waals surface area contributed by atoms with E-state index in [9.17, 15) is 0 Å². The van der Waals surface area contributed by atoms with Crippen LogP contribution in [0.2, 0.25) is 0 Å². The van der Waals surface area contributed by atoms with Gasteiger partial charge in [-0.05, 0) is 18.2 Å². The molecule has 0 saturated carbocycles. The molecule has 0 aliphatic rings. The molecule has 7 heteroatoms. The lowest BCUT2D eigenvalue weighted by molar-refractivity contribution is 0.248. The number of hydrogen-bond donors (Lipinski definition) is 0. The van der Waals surface area contributed by atoms with E-state index in [2.05, 4.69) is 6.92 Å². The molecule has 0 aromatic heterocycles. The van der Waals surface area contributed by atoms with Gasteiger partial charge in [0.25, 0.3) is 0 Å². The van der Waals surface area contributed by atoms with Gasteiger partial charge in [-0.2, -0.15) is 0 Å². The van der Waals surface area contributed by atoms with Crippen molar-refractivity contribution in [3.63, 3.8) is 0 Å². The fraction of sp³-hybridized carbons (Fsp3) is 1.00. The molecule has 0 saturated heterocycles. The van der Waals surface area contributed by atoms with Gasteiger partial charge in [0.1, 0.15) is 6.61 Å². The summed E-state index contributed by atoms with van der Waals surface area (Å²) in [4.78, 5) is 0. The summed E-state index contributed by atoms with van der Waals surface area (Å²) in [7, 11) is 0. The van der Waals surface area contributed by atoms with E-state index in [4.69, 9.17) is 55.7 Å². The summed E-state index contributed by atoms with van der Waals surface area (Å²) < 4.78 is 9.52. The summed E-state index contributed by atoms with van der Waals surface area (Å²) in [6.45, 7) is 2.35. The summed E-state index contributed by atoms with van der Waals surface area (Å²) in [5.74, 6) is 0. The SMILES string of the molecule is CCCCOP(=S)(CC)OCC(Cl)(Cl)Cl. The van der Waals surface area contributed by atoms with Crippen LogP contribution in [0, 0.1) is 0 Å². The Labute approximate surface area is 112 Å². The van der Waals surface area contributed by atoms with E-state index in [0.29, 0.717) is 12.8 Å². The van der Waals surface area contributed by atoms with E-state index in [1.807, 2.05) is 6.92 Å². The van der Waals surface area contributed by atoms with Crippen molar-refractivity contribution in [2.75, 3.05) is 19.4 Å². The normalized spacial score (nSPS) is 16.3. The van der Waals surface area contributed by atoms with Crippen LogP contribution >= 0.6 is 41.3 Å². The van der Waals surface area contributed by atoms with Gasteiger partial charge >= 0.3 is 0 Å². The fourth-order valence-corrected chi connectivity index (χ4v) is 2.75. The molecule has 0 heterocycles. The third-order valence-corrected chi connectivity index (χ3v) is 5.21. The first-order valence-electron chi connectivity index (χ1n) is 4.78. The monoisotopic (exact) mass is 312 g/mol. The van der Waals surface area contributed by atoms with E-state index >= 15 is 0 Å². The molecule has 0 aliphatic heterocycles. The molecule has 0 bridgehead atoms. The van der Waals surface area contributed by atoms with Crippen LogP contribution in [0.1, 0.15) is 26.7 Å². The van der Waals surface area contributed by atoms with Crippen molar-refractivity contribution < 1.29 is 9.05 Å². The van der Waals surface area contributed by atoms with Gasteiger partial charge in [-0.25, -0.2) is 0 Å². The lowest BCUT2D eigenvalue weighted by atomic mass is 10.4. The van der Waals surface area contributed by atoms with Crippen LogP contribution in [0.25, 0.3) is 0 Å². The Bertz CT molecular complexity index is 220. The second-order valence-corrected chi connectivity index (χ2v) is 9.56. The second-order valence-electron chi connectivity index (χ2n) is 3.00. The summed E-state index contributed by atoms with van der Waals surface area (Å²) in [5, 5.41) is 0. The van der Waals surface area contributed by atoms with Crippen molar-refractivity contribution in [2.45, 2.75) is 30.5 Å². The van der Waals surface area contributed by atoms with Crippen molar-refractivity contribution in [2.24, 2.45) is 0 Å². The summed E-state index contributed by atoms with van der Waals surface area (Å²) in [6.07, 6.45) is 2.67. The second kappa shape index (κ2) is 7.71. The molecule has 1 atom stereocenters. The van der Waals surface area contributed by atoms with Crippen molar-refractivity contribution in [3.8, 4) is 0 Å². The first kappa shape index (κ1) is 16.4. The molecule has 0 amide bonds. The Morgan fingerprint density at radius 3 is 2.20 bits per heavy atom. The van der Waals surface area contributed by atoms with E-state index < -0.39 is 10.3 Å². The molecule has 15 heavy (non-hydrogen) atoms. The van der Waals surface area contributed by atoms with E-state index in [0.717, 1.165) is 12.8 Å². The minimum absolute atomic E-state index is 0.0189. The zero-order chi connectivity index (χ0) is 11.9. The van der Waals surface area contributed by atoms with Crippen LogP contribution in [0.5, 0.6) is 0 Å².